The number of carbonyl (C=O) groups is 2. The minimum absolute atomic E-state index is 0.0134. The standard InChI is InChI=1S/C23H26FN3O2/c24-19-6-2-16(3-7-19)14-23(29)25-20-9-11-27(12-10-20)15-17-1-4-18-5-8-22(28)26-21(18)13-17/h1-4,6-7,13,20H,5,8-12,14-15H2,(H,25,29)(H,26,28). The largest absolute Gasteiger partial charge is 0.353 e. The number of rotatable bonds is 5. The molecule has 2 N–H and O–H groups in total. The lowest BCUT2D eigenvalue weighted by Crippen LogP contribution is -2.44. The molecule has 0 bridgehead atoms. The van der Waals surface area contributed by atoms with Crippen LogP contribution in [0.1, 0.15) is 36.0 Å². The van der Waals surface area contributed by atoms with Gasteiger partial charge < -0.3 is 10.6 Å². The van der Waals surface area contributed by atoms with Crippen molar-refractivity contribution in [3.05, 3.63) is 65.0 Å². The van der Waals surface area contributed by atoms with Crippen LogP contribution in [0.2, 0.25) is 0 Å². The highest BCUT2D eigenvalue weighted by atomic mass is 19.1. The Hall–Kier alpha value is -2.73. The molecule has 0 aromatic heterocycles. The van der Waals surface area contributed by atoms with Crippen molar-refractivity contribution in [1.29, 1.82) is 0 Å². The molecular formula is C23H26FN3O2. The predicted molar refractivity (Wildman–Crippen MR) is 110 cm³/mol. The molecule has 2 aliphatic heterocycles. The number of aryl methyl sites for hydroxylation is 1. The number of anilines is 1. The van der Waals surface area contributed by atoms with Crippen LogP contribution in [0, 0.1) is 5.82 Å². The highest BCUT2D eigenvalue weighted by Gasteiger charge is 2.21. The molecule has 6 heteroatoms. The van der Waals surface area contributed by atoms with E-state index in [1.807, 2.05) is 0 Å². The lowest BCUT2D eigenvalue weighted by atomic mass is 9.99. The van der Waals surface area contributed by atoms with E-state index in [1.165, 1.54) is 23.3 Å². The van der Waals surface area contributed by atoms with Gasteiger partial charge in [0.05, 0.1) is 6.42 Å². The molecular weight excluding hydrogens is 369 g/mol. The first kappa shape index (κ1) is 19.6. The van der Waals surface area contributed by atoms with Crippen LogP contribution in [0.4, 0.5) is 10.1 Å². The van der Waals surface area contributed by atoms with Gasteiger partial charge in [-0.2, -0.15) is 0 Å². The lowest BCUT2D eigenvalue weighted by Gasteiger charge is -2.32. The number of hydrogen-bond donors (Lipinski definition) is 2. The number of likely N-dealkylation sites (tertiary alicyclic amines) is 1. The Kier molecular flexibility index (Phi) is 5.90. The Bertz CT molecular complexity index is 889. The van der Waals surface area contributed by atoms with Gasteiger partial charge in [-0.3, -0.25) is 14.5 Å². The normalized spacial score (nSPS) is 17.5. The zero-order valence-electron chi connectivity index (χ0n) is 16.4. The van der Waals surface area contributed by atoms with Crippen molar-refractivity contribution in [1.82, 2.24) is 10.2 Å². The fraction of sp³-hybridized carbons (Fsp3) is 0.391. The minimum Gasteiger partial charge on any atom is -0.353 e. The van der Waals surface area contributed by atoms with Crippen molar-refractivity contribution in [2.24, 2.45) is 0 Å². The summed E-state index contributed by atoms with van der Waals surface area (Å²) >= 11 is 0. The Morgan fingerprint density at radius 3 is 2.55 bits per heavy atom. The number of nitrogens with zero attached hydrogens (tertiary/aromatic N) is 1. The van der Waals surface area contributed by atoms with Gasteiger partial charge in [-0.15, -0.1) is 0 Å². The summed E-state index contributed by atoms with van der Waals surface area (Å²) in [7, 11) is 0. The number of amides is 2. The van der Waals surface area contributed by atoms with E-state index < -0.39 is 0 Å². The first-order valence-corrected chi connectivity index (χ1v) is 10.2. The fourth-order valence-corrected chi connectivity index (χ4v) is 4.08. The fourth-order valence-electron chi connectivity index (χ4n) is 4.08. The van der Waals surface area contributed by atoms with Gasteiger partial charge in [0.1, 0.15) is 5.82 Å². The number of nitrogens with one attached hydrogen (secondary N) is 2. The molecule has 1 saturated heterocycles. The van der Waals surface area contributed by atoms with Gasteiger partial charge in [0.2, 0.25) is 11.8 Å². The number of carbonyl (C=O) groups excluding carboxylic acids is 2. The molecule has 29 heavy (non-hydrogen) atoms. The molecule has 2 aromatic carbocycles. The third-order valence-electron chi connectivity index (χ3n) is 5.71. The van der Waals surface area contributed by atoms with E-state index in [9.17, 15) is 14.0 Å². The second-order valence-corrected chi connectivity index (χ2v) is 7.96. The van der Waals surface area contributed by atoms with Gasteiger partial charge in [0, 0.05) is 37.8 Å². The molecule has 2 aliphatic rings. The second kappa shape index (κ2) is 8.74. The number of piperidine rings is 1. The molecule has 2 aromatic rings. The van der Waals surface area contributed by atoms with Crippen LogP contribution >= 0.6 is 0 Å². The van der Waals surface area contributed by atoms with E-state index in [0.29, 0.717) is 6.42 Å². The smallest absolute Gasteiger partial charge is 0.224 e. The van der Waals surface area contributed by atoms with Crippen molar-refractivity contribution in [2.45, 2.75) is 44.7 Å². The minimum atomic E-state index is -0.289. The van der Waals surface area contributed by atoms with E-state index in [0.717, 1.165) is 50.1 Å². The maximum absolute atomic E-state index is 13.0. The van der Waals surface area contributed by atoms with Gasteiger partial charge in [-0.25, -0.2) is 4.39 Å². The third kappa shape index (κ3) is 5.21. The molecule has 0 spiro atoms. The summed E-state index contributed by atoms with van der Waals surface area (Å²) in [5.41, 5.74) is 4.17. The summed E-state index contributed by atoms with van der Waals surface area (Å²) in [5, 5.41) is 6.07. The molecule has 0 unspecified atom stereocenters. The van der Waals surface area contributed by atoms with Gasteiger partial charge in [0.25, 0.3) is 0 Å². The summed E-state index contributed by atoms with van der Waals surface area (Å²) in [4.78, 5) is 26.2. The summed E-state index contributed by atoms with van der Waals surface area (Å²) in [5.74, 6) is -0.213. The number of halogens is 1. The van der Waals surface area contributed by atoms with E-state index in [-0.39, 0.29) is 30.1 Å². The van der Waals surface area contributed by atoms with Crippen LogP contribution in [-0.2, 0) is 29.0 Å². The van der Waals surface area contributed by atoms with Crippen LogP contribution in [0.25, 0.3) is 0 Å². The maximum Gasteiger partial charge on any atom is 0.224 e. The average Bonchev–Trinajstić information content (AvgIpc) is 2.71. The Morgan fingerprint density at radius 1 is 1.07 bits per heavy atom. The Labute approximate surface area is 170 Å². The van der Waals surface area contributed by atoms with Gasteiger partial charge in [-0.05, 0) is 54.2 Å². The van der Waals surface area contributed by atoms with Crippen molar-refractivity contribution in [3.63, 3.8) is 0 Å². The van der Waals surface area contributed by atoms with Crippen LogP contribution in [0.3, 0.4) is 0 Å². The predicted octanol–water partition coefficient (Wildman–Crippen LogP) is 3.03. The first-order valence-electron chi connectivity index (χ1n) is 10.2. The van der Waals surface area contributed by atoms with E-state index in [4.69, 9.17) is 0 Å². The molecule has 4 rings (SSSR count). The summed E-state index contributed by atoms with van der Waals surface area (Å²) in [6.07, 6.45) is 3.48. The molecule has 0 aliphatic carbocycles. The molecule has 0 saturated carbocycles. The first-order chi connectivity index (χ1) is 14.0. The zero-order chi connectivity index (χ0) is 20.2. The number of benzene rings is 2. The SMILES string of the molecule is O=C1CCc2ccc(CN3CCC(NC(=O)Cc4ccc(F)cc4)CC3)cc2N1. The molecule has 152 valence electrons. The van der Waals surface area contributed by atoms with Gasteiger partial charge in [-0.1, -0.05) is 24.3 Å². The molecule has 2 heterocycles. The zero-order valence-corrected chi connectivity index (χ0v) is 16.4. The molecule has 5 nitrogen and oxygen atoms in total. The quantitative estimate of drug-likeness (QED) is 0.818. The van der Waals surface area contributed by atoms with Crippen molar-refractivity contribution < 1.29 is 14.0 Å². The van der Waals surface area contributed by atoms with Crippen LogP contribution < -0.4 is 10.6 Å². The monoisotopic (exact) mass is 395 g/mol. The average molecular weight is 395 g/mol. The molecule has 0 atom stereocenters. The number of fused-ring (bicyclic) bond motifs is 1. The van der Waals surface area contributed by atoms with Crippen molar-refractivity contribution in [3.8, 4) is 0 Å². The Balaban J connectivity index is 1.24. The highest BCUT2D eigenvalue weighted by molar-refractivity contribution is 5.93. The summed E-state index contributed by atoms with van der Waals surface area (Å²) in [6.45, 7) is 2.69. The van der Waals surface area contributed by atoms with Gasteiger partial charge >= 0.3 is 0 Å². The van der Waals surface area contributed by atoms with Gasteiger partial charge in [0.15, 0.2) is 0 Å². The highest BCUT2D eigenvalue weighted by Crippen LogP contribution is 2.25. The summed E-state index contributed by atoms with van der Waals surface area (Å²) < 4.78 is 13.0. The molecule has 1 fully saturated rings. The molecule has 2 amide bonds. The van der Waals surface area contributed by atoms with Crippen LogP contribution in [0.5, 0.6) is 0 Å². The van der Waals surface area contributed by atoms with Crippen LogP contribution in [0.15, 0.2) is 42.5 Å². The van der Waals surface area contributed by atoms with E-state index >= 15 is 0 Å². The third-order valence-corrected chi connectivity index (χ3v) is 5.71. The topological polar surface area (TPSA) is 61.4 Å². The lowest BCUT2D eigenvalue weighted by molar-refractivity contribution is -0.121. The Morgan fingerprint density at radius 2 is 1.79 bits per heavy atom. The van der Waals surface area contributed by atoms with E-state index in [2.05, 4.69) is 33.7 Å². The number of hydrogen-bond acceptors (Lipinski definition) is 3. The summed E-state index contributed by atoms with van der Waals surface area (Å²) in [6, 6.07) is 12.6. The van der Waals surface area contributed by atoms with Crippen LogP contribution in [-0.4, -0.2) is 35.8 Å². The second-order valence-electron chi connectivity index (χ2n) is 7.96. The maximum atomic E-state index is 13.0. The van der Waals surface area contributed by atoms with E-state index in [1.54, 1.807) is 12.1 Å². The van der Waals surface area contributed by atoms with Crippen molar-refractivity contribution >= 4 is 17.5 Å². The van der Waals surface area contributed by atoms with Crippen molar-refractivity contribution in [2.75, 3.05) is 18.4 Å². The molecule has 0 radical (unpaired) electrons.